The molecule has 0 aromatic carbocycles. The van der Waals surface area contributed by atoms with Crippen LogP contribution in [0, 0.1) is 0 Å². The number of anilines is 1. The lowest BCUT2D eigenvalue weighted by Gasteiger charge is -2.22. The van der Waals surface area contributed by atoms with Crippen molar-refractivity contribution in [1.29, 1.82) is 0 Å². The molecule has 0 amide bonds. The minimum absolute atomic E-state index is 0.0555. The largest absolute Gasteiger partial charge is 0.394 e. The van der Waals surface area contributed by atoms with Crippen LogP contribution in [0.3, 0.4) is 0 Å². The summed E-state index contributed by atoms with van der Waals surface area (Å²) in [6.45, 7) is 4.49. The molecule has 0 saturated carbocycles. The molecule has 6 heteroatoms. The van der Waals surface area contributed by atoms with Crippen LogP contribution in [0.15, 0.2) is 0 Å². The summed E-state index contributed by atoms with van der Waals surface area (Å²) >= 11 is 1.30. The third kappa shape index (κ3) is 4.11. The fourth-order valence-corrected chi connectivity index (χ4v) is 1.72. The summed E-state index contributed by atoms with van der Waals surface area (Å²) < 4.78 is 9.12. The van der Waals surface area contributed by atoms with Crippen molar-refractivity contribution in [3.05, 3.63) is 5.82 Å². The molecule has 0 aliphatic rings. The van der Waals surface area contributed by atoms with Gasteiger partial charge in [-0.15, -0.1) is 0 Å². The second-order valence-corrected chi connectivity index (χ2v) is 4.68. The molecule has 0 bridgehead atoms. The number of aliphatic hydroxyl groups excluding tert-OH is 1. The van der Waals surface area contributed by atoms with Crippen molar-refractivity contribution in [3.63, 3.8) is 0 Å². The van der Waals surface area contributed by atoms with Crippen molar-refractivity contribution in [3.8, 4) is 0 Å². The van der Waals surface area contributed by atoms with Gasteiger partial charge in [-0.05, 0) is 13.8 Å². The van der Waals surface area contributed by atoms with Gasteiger partial charge in [0.1, 0.15) is 5.82 Å². The van der Waals surface area contributed by atoms with Gasteiger partial charge in [0.2, 0.25) is 5.13 Å². The number of methoxy groups -OCH3 is 1. The van der Waals surface area contributed by atoms with E-state index in [1.54, 1.807) is 7.11 Å². The zero-order valence-corrected chi connectivity index (χ0v) is 10.1. The van der Waals surface area contributed by atoms with Gasteiger partial charge in [-0.25, -0.2) is 4.98 Å². The minimum atomic E-state index is -0.363. The molecule has 2 N–H and O–H groups in total. The van der Waals surface area contributed by atoms with Gasteiger partial charge in [0.05, 0.1) is 18.8 Å². The van der Waals surface area contributed by atoms with Crippen LogP contribution in [0.2, 0.25) is 0 Å². The van der Waals surface area contributed by atoms with E-state index in [1.165, 1.54) is 11.5 Å². The molecular weight excluding hydrogens is 214 g/mol. The Labute approximate surface area is 93.7 Å². The number of ether oxygens (including phenoxy) is 1. The monoisotopic (exact) mass is 231 g/mol. The molecule has 0 unspecified atom stereocenters. The van der Waals surface area contributed by atoms with Crippen LogP contribution in [0.4, 0.5) is 5.13 Å². The maximum absolute atomic E-state index is 9.08. The highest BCUT2D eigenvalue weighted by Crippen LogP contribution is 2.17. The number of aliphatic hydroxyl groups is 1. The van der Waals surface area contributed by atoms with Gasteiger partial charge in [0.15, 0.2) is 0 Å². The maximum atomic E-state index is 9.08. The van der Waals surface area contributed by atoms with E-state index < -0.39 is 0 Å². The van der Waals surface area contributed by atoms with E-state index in [1.807, 2.05) is 13.8 Å². The predicted molar refractivity (Wildman–Crippen MR) is 60.3 cm³/mol. The summed E-state index contributed by atoms with van der Waals surface area (Å²) in [6.07, 6.45) is 0.717. The standard InChI is InChI=1S/C9H17N3O2S/c1-9(2,6-13)11-8-10-7(12-15-8)4-5-14-3/h13H,4-6H2,1-3H3,(H,10,11,12). The van der Waals surface area contributed by atoms with E-state index in [2.05, 4.69) is 14.7 Å². The smallest absolute Gasteiger partial charge is 0.203 e. The van der Waals surface area contributed by atoms with Crippen LogP contribution in [-0.4, -0.2) is 40.3 Å². The first-order valence-electron chi connectivity index (χ1n) is 4.78. The molecule has 1 rings (SSSR count). The second-order valence-electron chi connectivity index (χ2n) is 3.93. The predicted octanol–water partition coefficient (Wildman–Crippen LogP) is 0.910. The summed E-state index contributed by atoms with van der Waals surface area (Å²) in [5.74, 6) is 0.776. The Balaban J connectivity index is 2.52. The topological polar surface area (TPSA) is 67.3 Å². The summed E-state index contributed by atoms with van der Waals surface area (Å²) in [7, 11) is 1.65. The van der Waals surface area contributed by atoms with Gasteiger partial charge in [-0.3, -0.25) is 0 Å². The lowest BCUT2D eigenvalue weighted by molar-refractivity contribution is 0.201. The highest BCUT2D eigenvalue weighted by atomic mass is 32.1. The van der Waals surface area contributed by atoms with Gasteiger partial charge in [-0.2, -0.15) is 4.37 Å². The van der Waals surface area contributed by atoms with Crippen LogP contribution >= 0.6 is 11.5 Å². The SMILES string of the molecule is COCCc1nsc(NC(C)(C)CO)n1. The first kappa shape index (κ1) is 12.4. The molecule has 1 aromatic rings. The Morgan fingerprint density at radius 3 is 2.87 bits per heavy atom. The van der Waals surface area contributed by atoms with Crippen molar-refractivity contribution in [2.45, 2.75) is 25.8 Å². The van der Waals surface area contributed by atoms with Crippen molar-refractivity contribution < 1.29 is 9.84 Å². The molecule has 0 aliphatic carbocycles. The molecule has 0 aliphatic heterocycles. The lowest BCUT2D eigenvalue weighted by atomic mass is 10.1. The minimum Gasteiger partial charge on any atom is -0.394 e. The number of hydrogen-bond donors (Lipinski definition) is 2. The number of hydrogen-bond acceptors (Lipinski definition) is 6. The second kappa shape index (κ2) is 5.39. The molecule has 86 valence electrons. The Bertz CT molecular complexity index is 301. The molecule has 0 fully saturated rings. The average Bonchev–Trinajstić information content (AvgIpc) is 2.62. The van der Waals surface area contributed by atoms with E-state index in [9.17, 15) is 0 Å². The summed E-state index contributed by atoms with van der Waals surface area (Å²) in [5, 5.41) is 12.9. The number of aromatic nitrogens is 2. The van der Waals surface area contributed by atoms with Crippen LogP contribution in [0.1, 0.15) is 19.7 Å². The third-order valence-electron chi connectivity index (χ3n) is 1.84. The lowest BCUT2D eigenvalue weighted by Crippen LogP contribution is -2.34. The van der Waals surface area contributed by atoms with E-state index in [4.69, 9.17) is 9.84 Å². The zero-order valence-electron chi connectivity index (χ0n) is 9.28. The maximum Gasteiger partial charge on any atom is 0.203 e. The van der Waals surface area contributed by atoms with Crippen LogP contribution in [0.5, 0.6) is 0 Å². The molecule has 0 radical (unpaired) electrons. The first-order chi connectivity index (χ1) is 7.07. The van der Waals surface area contributed by atoms with Gasteiger partial charge < -0.3 is 15.2 Å². The highest BCUT2D eigenvalue weighted by Gasteiger charge is 2.17. The highest BCUT2D eigenvalue weighted by molar-refractivity contribution is 7.09. The molecule has 15 heavy (non-hydrogen) atoms. The van der Waals surface area contributed by atoms with Gasteiger partial charge in [-0.1, -0.05) is 0 Å². The first-order valence-corrected chi connectivity index (χ1v) is 5.55. The Kier molecular flexibility index (Phi) is 4.44. The number of nitrogens with one attached hydrogen (secondary N) is 1. The molecule has 0 saturated heterocycles. The van der Waals surface area contributed by atoms with Crippen molar-refractivity contribution in [2.24, 2.45) is 0 Å². The fraction of sp³-hybridized carbons (Fsp3) is 0.778. The molecule has 1 heterocycles. The average molecular weight is 231 g/mol. The van der Waals surface area contributed by atoms with E-state index in [0.717, 1.165) is 11.0 Å². The normalized spacial score (nSPS) is 11.7. The molecule has 1 aromatic heterocycles. The van der Waals surface area contributed by atoms with Crippen molar-refractivity contribution >= 4 is 16.7 Å². The summed E-state index contributed by atoms with van der Waals surface area (Å²) in [6, 6.07) is 0. The summed E-state index contributed by atoms with van der Waals surface area (Å²) in [4.78, 5) is 4.29. The Hall–Kier alpha value is -0.720. The van der Waals surface area contributed by atoms with E-state index in [-0.39, 0.29) is 12.1 Å². The molecule has 0 spiro atoms. The Morgan fingerprint density at radius 2 is 2.27 bits per heavy atom. The third-order valence-corrected chi connectivity index (χ3v) is 2.51. The van der Waals surface area contributed by atoms with Gasteiger partial charge in [0.25, 0.3) is 0 Å². The van der Waals surface area contributed by atoms with Crippen LogP contribution < -0.4 is 5.32 Å². The van der Waals surface area contributed by atoms with Crippen molar-refractivity contribution in [1.82, 2.24) is 9.36 Å². The zero-order chi connectivity index (χ0) is 11.3. The molecule has 0 atom stereocenters. The number of nitrogens with zero attached hydrogens (tertiary/aromatic N) is 2. The quantitative estimate of drug-likeness (QED) is 0.761. The Morgan fingerprint density at radius 1 is 1.53 bits per heavy atom. The van der Waals surface area contributed by atoms with E-state index >= 15 is 0 Å². The van der Waals surface area contributed by atoms with Crippen LogP contribution in [0.25, 0.3) is 0 Å². The number of rotatable bonds is 6. The fourth-order valence-electron chi connectivity index (χ4n) is 0.929. The van der Waals surface area contributed by atoms with Crippen molar-refractivity contribution in [2.75, 3.05) is 25.6 Å². The van der Waals surface area contributed by atoms with Gasteiger partial charge >= 0.3 is 0 Å². The summed E-state index contributed by atoms with van der Waals surface area (Å²) in [5.41, 5.74) is -0.363. The molecule has 5 nitrogen and oxygen atoms in total. The van der Waals surface area contributed by atoms with Gasteiger partial charge in [0, 0.05) is 25.1 Å². The molecular formula is C9H17N3O2S. The van der Waals surface area contributed by atoms with E-state index in [0.29, 0.717) is 13.0 Å². The van der Waals surface area contributed by atoms with Crippen LogP contribution in [-0.2, 0) is 11.2 Å².